The van der Waals surface area contributed by atoms with Gasteiger partial charge < -0.3 is 10.6 Å². The number of hydrogen-bond acceptors (Lipinski definition) is 6. The number of halogens is 1. The molecule has 5 heterocycles. The summed E-state index contributed by atoms with van der Waals surface area (Å²) in [5.41, 5.74) is 12.8. The van der Waals surface area contributed by atoms with E-state index >= 15 is 0 Å². The van der Waals surface area contributed by atoms with Crippen molar-refractivity contribution in [2.24, 2.45) is 11.1 Å². The topological polar surface area (TPSA) is 85.2 Å². The number of hydrogen-bond donors (Lipinski definition) is 1. The number of piperidine rings is 1. The Labute approximate surface area is 191 Å². The van der Waals surface area contributed by atoms with Crippen LogP contribution in [-0.4, -0.2) is 37.7 Å². The highest BCUT2D eigenvalue weighted by atomic mass is 35.5. The van der Waals surface area contributed by atoms with Crippen LogP contribution in [0.4, 0.5) is 5.82 Å². The Kier molecular flexibility index (Phi) is 4.45. The lowest BCUT2D eigenvalue weighted by Gasteiger charge is -2.42. The van der Waals surface area contributed by atoms with Crippen molar-refractivity contribution in [3.63, 3.8) is 0 Å². The average Bonchev–Trinajstić information content (AvgIpc) is 3.39. The molecule has 6 rings (SSSR count). The van der Waals surface area contributed by atoms with Crippen molar-refractivity contribution in [2.75, 3.05) is 18.0 Å². The standard InChI is InChI=1S/C24H24ClN7/c1-15-21(16-4-9-27-14-18(16)25)32-20(5-10-29-32)23(30-15)31-11-6-24(7-12-31)13-19-17(22(24)26)3-2-8-28-19/h2-5,8-10,14,22H,6-7,11-13,26H2,1H3/t22-/m1/s1. The summed E-state index contributed by atoms with van der Waals surface area (Å²) in [5, 5.41) is 5.19. The minimum atomic E-state index is 0.0502. The quantitative estimate of drug-likeness (QED) is 0.502. The Morgan fingerprint density at radius 3 is 2.75 bits per heavy atom. The highest BCUT2D eigenvalue weighted by molar-refractivity contribution is 6.33. The summed E-state index contributed by atoms with van der Waals surface area (Å²) < 4.78 is 1.95. The number of nitrogens with zero attached hydrogens (tertiary/aromatic N) is 6. The molecule has 0 saturated carbocycles. The van der Waals surface area contributed by atoms with Crippen molar-refractivity contribution < 1.29 is 0 Å². The molecule has 0 radical (unpaired) electrons. The molecule has 4 aromatic heterocycles. The van der Waals surface area contributed by atoms with Crippen LogP contribution in [0.25, 0.3) is 16.8 Å². The van der Waals surface area contributed by atoms with E-state index in [4.69, 9.17) is 22.3 Å². The fourth-order valence-electron chi connectivity index (χ4n) is 5.49. The van der Waals surface area contributed by atoms with Gasteiger partial charge in [0.2, 0.25) is 0 Å². The summed E-state index contributed by atoms with van der Waals surface area (Å²) in [7, 11) is 0. The number of rotatable bonds is 2. The van der Waals surface area contributed by atoms with Gasteiger partial charge >= 0.3 is 0 Å². The third-order valence-corrected chi connectivity index (χ3v) is 7.53. The first-order chi connectivity index (χ1) is 15.6. The minimum absolute atomic E-state index is 0.0502. The van der Waals surface area contributed by atoms with E-state index < -0.39 is 0 Å². The molecule has 0 unspecified atom stereocenters. The molecule has 1 fully saturated rings. The van der Waals surface area contributed by atoms with Gasteiger partial charge in [0, 0.05) is 49.0 Å². The number of aromatic nitrogens is 5. The molecule has 1 atom stereocenters. The summed E-state index contributed by atoms with van der Waals surface area (Å²) in [4.78, 5) is 16.1. The van der Waals surface area contributed by atoms with E-state index in [1.807, 2.05) is 42.0 Å². The Morgan fingerprint density at radius 1 is 1.12 bits per heavy atom. The molecular formula is C24H24ClN7. The van der Waals surface area contributed by atoms with Crippen LogP contribution in [0.2, 0.25) is 5.02 Å². The Bertz CT molecular complexity index is 1320. The fraction of sp³-hybridized carbons (Fsp3) is 0.333. The normalized spacial score (nSPS) is 19.6. The van der Waals surface area contributed by atoms with Gasteiger partial charge in [0.05, 0.1) is 22.6 Å². The first-order valence-electron chi connectivity index (χ1n) is 11.0. The van der Waals surface area contributed by atoms with Gasteiger partial charge in [-0.1, -0.05) is 17.7 Å². The van der Waals surface area contributed by atoms with E-state index in [1.165, 1.54) is 11.3 Å². The van der Waals surface area contributed by atoms with Gasteiger partial charge in [0.1, 0.15) is 5.52 Å². The summed E-state index contributed by atoms with van der Waals surface area (Å²) in [6, 6.07) is 8.11. The molecule has 162 valence electrons. The highest BCUT2D eigenvalue weighted by Gasteiger charge is 2.46. The van der Waals surface area contributed by atoms with Gasteiger partial charge in [-0.05, 0) is 55.4 Å². The minimum Gasteiger partial charge on any atom is -0.355 e. The van der Waals surface area contributed by atoms with Gasteiger partial charge in [0.25, 0.3) is 0 Å². The van der Waals surface area contributed by atoms with E-state index in [2.05, 4.69) is 26.0 Å². The third kappa shape index (κ3) is 2.84. The van der Waals surface area contributed by atoms with E-state index in [1.54, 1.807) is 12.4 Å². The Balaban J connectivity index is 1.34. The molecule has 2 aliphatic rings. The van der Waals surface area contributed by atoms with Crippen molar-refractivity contribution in [3.05, 3.63) is 71.0 Å². The molecule has 0 aromatic carbocycles. The number of fused-ring (bicyclic) bond motifs is 2. The summed E-state index contributed by atoms with van der Waals surface area (Å²) in [5.74, 6) is 0.964. The SMILES string of the molecule is Cc1nc(N2CCC3(CC2)Cc2ncccc2[C@H]3N)c2ccnn2c1-c1ccncc1Cl. The van der Waals surface area contributed by atoms with Crippen LogP contribution in [0.1, 0.15) is 35.8 Å². The van der Waals surface area contributed by atoms with Crippen LogP contribution >= 0.6 is 11.6 Å². The van der Waals surface area contributed by atoms with Crippen molar-refractivity contribution in [2.45, 2.75) is 32.2 Å². The molecule has 32 heavy (non-hydrogen) atoms. The molecule has 2 N–H and O–H groups in total. The zero-order chi connectivity index (χ0) is 21.9. The lowest BCUT2D eigenvalue weighted by molar-refractivity contribution is 0.187. The lowest BCUT2D eigenvalue weighted by atomic mass is 9.73. The van der Waals surface area contributed by atoms with E-state index in [0.29, 0.717) is 5.02 Å². The largest absolute Gasteiger partial charge is 0.355 e. The maximum Gasteiger partial charge on any atom is 0.155 e. The maximum atomic E-state index is 6.73. The van der Waals surface area contributed by atoms with Crippen LogP contribution in [0, 0.1) is 12.3 Å². The summed E-state index contributed by atoms with van der Waals surface area (Å²) >= 11 is 6.45. The summed E-state index contributed by atoms with van der Waals surface area (Å²) in [6.45, 7) is 3.83. The van der Waals surface area contributed by atoms with E-state index in [0.717, 1.165) is 60.6 Å². The smallest absolute Gasteiger partial charge is 0.155 e. The van der Waals surface area contributed by atoms with Crippen LogP contribution in [0.15, 0.2) is 49.1 Å². The second kappa shape index (κ2) is 7.25. The molecule has 4 aromatic rings. The van der Waals surface area contributed by atoms with Gasteiger partial charge in [0.15, 0.2) is 5.82 Å². The Hall–Kier alpha value is -3.03. The first-order valence-corrected chi connectivity index (χ1v) is 11.3. The predicted molar refractivity (Wildman–Crippen MR) is 125 cm³/mol. The van der Waals surface area contributed by atoms with Crippen LogP contribution < -0.4 is 10.6 Å². The highest BCUT2D eigenvalue weighted by Crippen LogP contribution is 2.50. The van der Waals surface area contributed by atoms with Crippen molar-refractivity contribution in [1.82, 2.24) is 24.6 Å². The molecular weight excluding hydrogens is 422 g/mol. The van der Waals surface area contributed by atoms with Gasteiger partial charge in [-0.25, -0.2) is 9.50 Å². The predicted octanol–water partition coefficient (Wildman–Crippen LogP) is 3.99. The number of pyridine rings is 2. The molecule has 1 aliphatic heterocycles. The number of anilines is 1. The van der Waals surface area contributed by atoms with E-state index in [-0.39, 0.29) is 11.5 Å². The second-order valence-electron chi connectivity index (χ2n) is 8.90. The molecule has 1 aliphatic carbocycles. The van der Waals surface area contributed by atoms with Crippen molar-refractivity contribution in [1.29, 1.82) is 0 Å². The van der Waals surface area contributed by atoms with Gasteiger partial charge in [-0.3, -0.25) is 9.97 Å². The van der Waals surface area contributed by atoms with E-state index in [9.17, 15) is 0 Å². The number of aryl methyl sites for hydroxylation is 1. The van der Waals surface area contributed by atoms with Crippen LogP contribution in [-0.2, 0) is 6.42 Å². The zero-order valence-electron chi connectivity index (χ0n) is 17.9. The third-order valence-electron chi connectivity index (χ3n) is 7.23. The maximum absolute atomic E-state index is 6.73. The second-order valence-corrected chi connectivity index (χ2v) is 9.30. The lowest BCUT2D eigenvalue weighted by Crippen LogP contribution is -2.44. The zero-order valence-corrected chi connectivity index (χ0v) is 18.6. The molecule has 8 heteroatoms. The summed E-state index contributed by atoms with van der Waals surface area (Å²) in [6.07, 6.45) is 10.1. The average molecular weight is 446 g/mol. The molecule has 1 spiro atoms. The van der Waals surface area contributed by atoms with Gasteiger partial charge in [-0.2, -0.15) is 5.10 Å². The van der Waals surface area contributed by atoms with Crippen LogP contribution in [0.5, 0.6) is 0 Å². The Morgan fingerprint density at radius 2 is 1.97 bits per heavy atom. The molecule has 0 bridgehead atoms. The molecule has 1 saturated heterocycles. The van der Waals surface area contributed by atoms with Crippen molar-refractivity contribution >= 4 is 22.9 Å². The fourth-order valence-corrected chi connectivity index (χ4v) is 5.70. The van der Waals surface area contributed by atoms with Gasteiger partial charge in [-0.15, -0.1) is 0 Å². The monoisotopic (exact) mass is 445 g/mol. The number of nitrogens with two attached hydrogens (primary N) is 1. The first kappa shape index (κ1) is 19.6. The molecule has 0 amide bonds. The molecule has 7 nitrogen and oxygen atoms in total. The van der Waals surface area contributed by atoms with Crippen LogP contribution in [0.3, 0.4) is 0 Å². The van der Waals surface area contributed by atoms with Crippen molar-refractivity contribution in [3.8, 4) is 11.3 Å².